The number of aryl methyl sites for hydroxylation is 1. The third-order valence-corrected chi connectivity index (χ3v) is 4.71. The topological polar surface area (TPSA) is 63.7 Å². The third kappa shape index (κ3) is 5.41. The number of carbonyl (C=O) groups is 3. The molecule has 0 aliphatic rings. The van der Waals surface area contributed by atoms with Crippen LogP contribution in [0.25, 0.3) is 0 Å². The summed E-state index contributed by atoms with van der Waals surface area (Å²) in [6.45, 7) is 1.97. The van der Waals surface area contributed by atoms with Crippen LogP contribution in [0.15, 0.2) is 78.9 Å². The highest BCUT2D eigenvalue weighted by atomic mass is 16.5. The second kappa shape index (κ2) is 9.65. The zero-order valence-corrected chi connectivity index (χ0v) is 17.0. The number of esters is 1. The largest absolute Gasteiger partial charge is 0.427 e. The number of benzene rings is 3. The summed E-state index contributed by atoms with van der Waals surface area (Å²) in [5, 5.41) is 0. The van der Waals surface area contributed by atoms with Crippen LogP contribution >= 0.6 is 0 Å². The van der Waals surface area contributed by atoms with Gasteiger partial charge in [-0.2, -0.15) is 0 Å². The van der Waals surface area contributed by atoms with E-state index in [0.29, 0.717) is 22.6 Å². The Labute approximate surface area is 175 Å². The smallest absolute Gasteiger partial charge is 0.311 e. The van der Waals surface area contributed by atoms with Gasteiger partial charge in [-0.1, -0.05) is 48.0 Å². The molecule has 0 atom stereocenters. The predicted molar refractivity (Wildman–Crippen MR) is 116 cm³/mol. The maximum absolute atomic E-state index is 12.6. The molecule has 5 nitrogen and oxygen atoms in total. The van der Waals surface area contributed by atoms with Gasteiger partial charge in [0.05, 0.1) is 6.42 Å². The minimum atomic E-state index is -0.476. The quantitative estimate of drug-likeness (QED) is 0.323. The zero-order chi connectivity index (χ0) is 21.5. The molecule has 0 N–H and O–H groups in total. The second-order valence-electron chi connectivity index (χ2n) is 6.99. The van der Waals surface area contributed by atoms with Crippen LogP contribution in [0, 0.1) is 6.92 Å². The average molecular weight is 401 g/mol. The van der Waals surface area contributed by atoms with E-state index in [1.165, 1.54) is 4.90 Å². The fraction of sp³-hybridized carbons (Fsp3) is 0.160. The fourth-order valence-corrected chi connectivity index (χ4v) is 2.91. The lowest BCUT2D eigenvalue weighted by Crippen LogP contribution is -2.26. The van der Waals surface area contributed by atoms with Crippen LogP contribution < -0.4 is 9.64 Å². The molecule has 152 valence electrons. The summed E-state index contributed by atoms with van der Waals surface area (Å²) < 4.78 is 5.30. The lowest BCUT2D eigenvalue weighted by molar-refractivity contribution is -0.134. The molecular formula is C25H23NO4. The van der Waals surface area contributed by atoms with Crippen LogP contribution in [0.5, 0.6) is 5.75 Å². The third-order valence-electron chi connectivity index (χ3n) is 4.71. The number of rotatable bonds is 7. The van der Waals surface area contributed by atoms with Gasteiger partial charge >= 0.3 is 5.97 Å². The van der Waals surface area contributed by atoms with Gasteiger partial charge < -0.3 is 9.64 Å². The van der Waals surface area contributed by atoms with E-state index in [0.717, 1.165) is 5.56 Å². The summed E-state index contributed by atoms with van der Waals surface area (Å²) in [5.74, 6) is -0.332. The van der Waals surface area contributed by atoms with Gasteiger partial charge in [-0.25, -0.2) is 0 Å². The van der Waals surface area contributed by atoms with Crippen LogP contribution in [0.1, 0.15) is 39.1 Å². The Balaban J connectivity index is 1.54. The van der Waals surface area contributed by atoms with Gasteiger partial charge in [0.25, 0.3) is 5.91 Å². The van der Waals surface area contributed by atoms with E-state index in [-0.39, 0.29) is 24.5 Å². The van der Waals surface area contributed by atoms with Crippen LogP contribution in [0.4, 0.5) is 5.69 Å². The summed E-state index contributed by atoms with van der Waals surface area (Å²) in [6.07, 6.45) is 0.0933. The highest BCUT2D eigenvalue weighted by Crippen LogP contribution is 2.21. The van der Waals surface area contributed by atoms with Gasteiger partial charge in [-0.3, -0.25) is 14.4 Å². The average Bonchev–Trinajstić information content (AvgIpc) is 2.78. The monoisotopic (exact) mass is 401 g/mol. The number of nitrogens with zero attached hydrogens (tertiary/aromatic N) is 1. The molecule has 0 radical (unpaired) electrons. The molecule has 0 bridgehead atoms. The summed E-state index contributed by atoms with van der Waals surface area (Å²) in [5.41, 5.74) is 2.95. The Morgan fingerprint density at radius 2 is 1.40 bits per heavy atom. The maximum Gasteiger partial charge on any atom is 0.311 e. The van der Waals surface area contributed by atoms with Crippen molar-refractivity contribution in [1.82, 2.24) is 0 Å². The van der Waals surface area contributed by atoms with E-state index in [2.05, 4.69) is 0 Å². The molecule has 5 heteroatoms. The van der Waals surface area contributed by atoms with E-state index in [4.69, 9.17) is 4.74 Å². The van der Waals surface area contributed by atoms with Crippen molar-refractivity contribution in [3.05, 3.63) is 95.6 Å². The van der Waals surface area contributed by atoms with Crippen molar-refractivity contribution in [3.8, 4) is 5.75 Å². The normalized spacial score (nSPS) is 10.3. The number of hydrogen-bond acceptors (Lipinski definition) is 4. The Morgan fingerprint density at radius 3 is 2.03 bits per heavy atom. The lowest BCUT2D eigenvalue weighted by atomic mass is 10.1. The van der Waals surface area contributed by atoms with Crippen LogP contribution in [0.3, 0.4) is 0 Å². The van der Waals surface area contributed by atoms with Crippen LogP contribution in [0.2, 0.25) is 0 Å². The molecule has 3 rings (SSSR count). The molecule has 0 aliphatic heterocycles. The van der Waals surface area contributed by atoms with Gasteiger partial charge in [-0.15, -0.1) is 0 Å². The Hall–Kier alpha value is -3.73. The molecule has 3 aromatic rings. The number of amides is 1. The van der Waals surface area contributed by atoms with E-state index in [1.807, 2.05) is 25.1 Å². The number of anilines is 1. The Morgan fingerprint density at radius 1 is 0.767 bits per heavy atom. The maximum atomic E-state index is 12.6. The molecule has 0 unspecified atom stereocenters. The number of carbonyl (C=O) groups excluding carboxylic acids is 3. The van der Waals surface area contributed by atoms with Gasteiger partial charge in [-0.05, 0) is 43.3 Å². The number of Topliss-reactive ketones (excluding diaryl/α,β-unsaturated/α-hetero) is 1. The summed E-state index contributed by atoms with van der Waals surface area (Å²) >= 11 is 0. The predicted octanol–water partition coefficient (Wildman–Crippen LogP) is 4.84. The Bertz CT molecular complexity index is 1030. The van der Waals surface area contributed by atoms with E-state index < -0.39 is 5.97 Å². The van der Waals surface area contributed by atoms with Crippen molar-refractivity contribution < 1.29 is 19.1 Å². The first-order chi connectivity index (χ1) is 14.4. The SMILES string of the molecule is Cc1ccc(C(=O)N(C)c2ccc(OC(=O)CCC(=O)c3ccccc3)cc2)cc1. The molecule has 0 spiro atoms. The van der Waals surface area contributed by atoms with Crippen molar-refractivity contribution in [2.45, 2.75) is 19.8 Å². The molecule has 0 saturated carbocycles. The first-order valence-corrected chi connectivity index (χ1v) is 9.68. The molecule has 0 fully saturated rings. The van der Waals surface area contributed by atoms with Gasteiger partial charge in [0, 0.05) is 30.3 Å². The van der Waals surface area contributed by atoms with E-state index >= 15 is 0 Å². The number of hydrogen-bond donors (Lipinski definition) is 0. The standard InChI is InChI=1S/C25H23NO4/c1-18-8-10-20(11-9-18)25(29)26(2)21-12-14-22(15-13-21)30-24(28)17-16-23(27)19-6-4-3-5-7-19/h3-15H,16-17H2,1-2H3. The number of ketones is 1. The summed E-state index contributed by atoms with van der Waals surface area (Å²) in [7, 11) is 1.69. The first kappa shape index (κ1) is 21.0. The first-order valence-electron chi connectivity index (χ1n) is 9.68. The van der Waals surface area contributed by atoms with Gasteiger partial charge in [0.15, 0.2) is 5.78 Å². The molecule has 0 aromatic heterocycles. The van der Waals surface area contributed by atoms with Crippen molar-refractivity contribution in [1.29, 1.82) is 0 Å². The Kier molecular flexibility index (Phi) is 6.75. The second-order valence-corrected chi connectivity index (χ2v) is 6.99. The minimum Gasteiger partial charge on any atom is -0.427 e. The highest BCUT2D eigenvalue weighted by molar-refractivity contribution is 6.05. The van der Waals surface area contributed by atoms with Crippen LogP contribution in [-0.2, 0) is 4.79 Å². The molecule has 30 heavy (non-hydrogen) atoms. The van der Waals surface area contributed by atoms with Crippen molar-refractivity contribution in [2.75, 3.05) is 11.9 Å². The van der Waals surface area contributed by atoms with E-state index in [9.17, 15) is 14.4 Å². The highest BCUT2D eigenvalue weighted by Gasteiger charge is 2.14. The lowest BCUT2D eigenvalue weighted by Gasteiger charge is -2.18. The zero-order valence-electron chi connectivity index (χ0n) is 17.0. The minimum absolute atomic E-state index is 0.00128. The van der Waals surface area contributed by atoms with Crippen molar-refractivity contribution in [2.24, 2.45) is 0 Å². The molecule has 1 amide bonds. The van der Waals surface area contributed by atoms with Crippen LogP contribution in [-0.4, -0.2) is 24.7 Å². The molecule has 0 saturated heterocycles. The summed E-state index contributed by atoms with van der Waals surface area (Å²) in [4.78, 5) is 38.3. The van der Waals surface area contributed by atoms with Gasteiger partial charge in [0.2, 0.25) is 0 Å². The van der Waals surface area contributed by atoms with Gasteiger partial charge in [0.1, 0.15) is 5.75 Å². The molecular weight excluding hydrogens is 378 g/mol. The van der Waals surface area contributed by atoms with Crippen molar-refractivity contribution >= 4 is 23.3 Å². The molecule has 0 aliphatic carbocycles. The fourth-order valence-electron chi connectivity index (χ4n) is 2.91. The van der Waals surface area contributed by atoms with E-state index in [1.54, 1.807) is 67.7 Å². The summed E-state index contributed by atoms with van der Waals surface area (Å²) in [6, 6.07) is 22.9. The molecule has 0 heterocycles. The molecule has 3 aromatic carbocycles. The number of ether oxygens (including phenoxy) is 1. The van der Waals surface area contributed by atoms with Crippen molar-refractivity contribution in [3.63, 3.8) is 0 Å².